The van der Waals surface area contributed by atoms with E-state index in [1.54, 1.807) is 33.1 Å². The zero-order chi connectivity index (χ0) is 33.6. The molecule has 4 atom stereocenters. The topological polar surface area (TPSA) is 278 Å². The minimum atomic E-state index is -4.67. The number of amides is 2. The fraction of sp³-hybridized carbons (Fsp3) is 0.385. The van der Waals surface area contributed by atoms with Crippen LogP contribution < -0.4 is 16.0 Å². The third kappa shape index (κ3) is 5.84. The number of nitrogens with zero attached hydrogens (tertiary/aromatic N) is 2. The SMILES string of the molecule is C=COC(=O)Nc1cc(N(C)C)c2c(c1O)C(=O)C1=C(O)[C@]3(O)C(=O)C(C(N)=O)=C(O)[C@@H](N(C)C)C3CC1C2.O=S(=O)(O)O. The lowest BCUT2D eigenvalue weighted by atomic mass is 9.58. The third-order valence-electron chi connectivity index (χ3n) is 7.61. The molecule has 240 valence electrons. The molecule has 0 fully saturated rings. The Kier molecular flexibility index (Phi) is 9.19. The Labute approximate surface area is 251 Å². The molecule has 9 N–H and O–H groups in total. The van der Waals surface area contributed by atoms with Crippen LogP contribution in [0.5, 0.6) is 5.75 Å². The first-order chi connectivity index (χ1) is 20.2. The van der Waals surface area contributed by atoms with Crippen LogP contribution in [-0.2, 0) is 31.1 Å². The molecule has 2 amide bonds. The highest BCUT2D eigenvalue weighted by molar-refractivity contribution is 7.79. The number of carbonyl (C=O) groups excluding carboxylic acids is 4. The van der Waals surface area contributed by atoms with Gasteiger partial charge in [-0.1, -0.05) is 6.58 Å². The predicted octanol–water partition coefficient (Wildman–Crippen LogP) is 0.226. The number of Topliss-reactive ketones (excluding diaryl/α,β-unsaturated/α-hetero) is 2. The molecule has 0 spiro atoms. The number of phenolic OH excluding ortho intramolecular Hbond substituents is 1. The number of phenols is 1. The molecule has 3 aliphatic rings. The van der Waals surface area contributed by atoms with Crippen molar-refractivity contribution in [1.82, 2.24) is 4.90 Å². The van der Waals surface area contributed by atoms with Crippen LogP contribution in [-0.4, -0.2) is 106 Å². The van der Waals surface area contributed by atoms with E-state index >= 15 is 0 Å². The molecule has 1 aromatic carbocycles. The van der Waals surface area contributed by atoms with E-state index in [9.17, 15) is 39.6 Å². The number of aromatic hydroxyl groups is 1. The lowest BCUT2D eigenvalue weighted by Gasteiger charge is -2.50. The average Bonchev–Trinajstić information content (AvgIpc) is 2.86. The summed E-state index contributed by atoms with van der Waals surface area (Å²) in [5.41, 5.74) is 1.91. The Balaban J connectivity index is 0.000000978. The lowest BCUT2D eigenvalue weighted by Crippen LogP contribution is -2.63. The Morgan fingerprint density at radius 3 is 2.20 bits per heavy atom. The van der Waals surface area contributed by atoms with Crippen molar-refractivity contribution in [2.75, 3.05) is 38.4 Å². The van der Waals surface area contributed by atoms with E-state index < -0.39 is 80.3 Å². The number of aliphatic hydroxyl groups excluding tert-OH is 2. The number of allylic oxidation sites excluding steroid dienone is 1. The first kappa shape index (κ1) is 34.0. The molecule has 1 aromatic rings. The molecule has 0 saturated heterocycles. The number of nitrogens with two attached hydrogens (primary N) is 1. The summed E-state index contributed by atoms with van der Waals surface area (Å²) in [5.74, 6) is -7.57. The van der Waals surface area contributed by atoms with Crippen molar-refractivity contribution in [3.05, 3.63) is 52.7 Å². The van der Waals surface area contributed by atoms with Crippen LogP contribution in [0.4, 0.5) is 16.2 Å². The minimum Gasteiger partial charge on any atom is -0.510 e. The van der Waals surface area contributed by atoms with Crippen molar-refractivity contribution in [3.8, 4) is 5.75 Å². The summed E-state index contributed by atoms with van der Waals surface area (Å²) < 4.78 is 36.2. The summed E-state index contributed by atoms with van der Waals surface area (Å²) in [6.07, 6.45) is -0.0292. The van der Waals surface area contributed by atoms with Crippen molar-refractivity contribution in [3.63, 3.8) is 0 Å². The van der Waals surface area contributed by atoms with Gasteiger partial charge < -0.3 is 35.8 Å². The van der Waals surface area contributed by atoms with E-state index in [0.29, 0.717) is 11.3 Å². The summed E-state index contributed by atoms with van der Waals surface area (Å²) in [7, 11) is 1.84. The molecule has 0 aliphatic heterocycles. The van der Waals surface area contributed by atoms with Gasteiger partial charge in [0.25, 0.3) is 5.91 Å². The molecule has 0 aromatic heterocycles. The monoisotopic (exact) mass is 640 g/mol. The number of aliphatic hydroxyl groups is 3. The van der Waals surface area contributed by atoms with Crippen LogP contribution >= 0.6 is 0 Å². The normalized spacial score (nSPS) is 24.4. The summed E-state index contributed by atoms with van der Waals surface area (Å²) >= 11 is 0. The summed E-state index contributed by atoms with van der Waals surface area (Å²) in [4.78, 5) is 54.5. The number of fused-ring (bicyclic) bond motifs is 3. The first-order valence-corrected chi connectivity index (χ1v) is 14.1. The van der Waals surface area contributed by atoms with Crippen LogP contribution in [0.2, 0.25) is 0 Å². The smallest absolute Gasteiger partial charge is 0.416 e. The number of rotatable bonds is 5. The summed E-state index contributed by atoms with van der Waals surface area (Å²) in [6, 6.07) is 0.375. The van der Waals surface area contributed by atoms with Gasteiger partial charge in [0, 0.05) is 31.3 Å². The minimum absolute atomic E-state index is 0.0367. The van der Waals surface area contributed by atoms with Gasteiger partial charge in [0.15, 0.2) is 17.1 Å². The second-order valence-corrected chi connectivity index (χ2v) is 11.5. The maximum absolute atomic E-state index is 13.9. The molecule has 4 rings (SSSR count). The molecule has 17 nitrogen and oxygen atoms in total. The predicted molar refractivity (Wildman–Crippen MR) is 152 cm³/mol. The average molecular weight is 641 g/mol. The number of carbonyl (C=O) groups is 4. The van der Waals surface area contributed by atoms with E-state index in [0.717, 1.165) is 6.26 Å². The van der Waals surface area contributed by atoms with Crippen LogP contribution in [0.15, 0.2) is 41.6 Å². The lowest BCUT2D eigenvalue weighted by molar-refractivity contribution is -0.148. The molecule has 0 heterocycles. The van der Waals surface area contributed by atoms with Crippen LogP contribution in [0.25, 0.3) is 0 Å². The molecular weight excluding hydrogens is 608 g/mol. The molecule has 44 heavy (non-hydrogen) atoms. The maximum atomic E-state index is 13.9. The Morgan fingerprint density at radius 1 is 1.16 bits per heavy atom. The van der Waals surface area contributed by atoms with E-state index in [2.05, 4.69) is 16.6 Å². The van der Waals surface area contributed by atoms with Gasteiger partial charge in [0.2, 0.25) is 5.78 Å². The van der Waals surface area contributed by atoms with E-state index in [1.165, 1.54) is 11.0 Å². The number of anilines is 2. The fourth-order valence-electron chi connectivity index (χ4n) is 6.01. The van der Waals surface area contributed by atoms with Gasteiger partial charge in [-0.25, -0.2) is 4.79 Å². The van der Waals surface area contributed by atoms with E-state index in [1.807, 2.05) is 0 Å². The zero-order valence-corrected chi connectivity index (χ0v) is 24.7. The number of hydrogen-bond donors (Lipinski definition) is 8. The van der Waals surface area contributed by atoms with Crippen LogP contribution in [0.3, 0.4) is 0 Å². The zero-order valence-electron chi connectivity index (χ0n) is 23.9. The van der Waals surface area contributed by atoms with Crippen molar-refractivity contribution in [1.29, 1.82) is 0 Å². The second-order valence-electron chi connectivity index (χ2n) is 10.6. The Hall–Kier alpha value is -4.49. The van der Waals surface area contributed by atoms with Gasteiger partial charge in [-0.3, -0.25) is 33.7 Å². The quantitative estimate of drug-likeness (QED) is 0.0925. The summed E-state index contributed by atoms with van der Waals surface area (Å²) in [6.45, 7) is 3.29. The highest BCUT2D eigenvalue weighted by Gasteiger charge is 2.63. The standard InChI is InChI=1S/C26H30N4O9.H2O4S/c1-6-39-25(37)28-13-9-14(29(2)3)11-7-10-8-12-18(30(4)5)21(33)17(24(27)36)23(35)26(12,38)22(34)15(10)20(32)16(11)19(13)31;1-5(2,3)4/h6,9-10,12,18,31,33-34,38H,1,7-8H2,2-5H3,(H2,27,36)(H,28,37);(H2,1,2,3,4)/t10?,12?,18-,26-;/m0./s1. The number of benzene rings is 1. The number of hydrogen-bond acceptors (Lipinski definition) is 13. The number of ether oxygens (including phenoxy) is 1. The molecular formula is C26H32N4O13S. The largest absolute Gasteiger partial charge is 0.510 e. The molecule has 18 heteroatoms. The van der Waals surface area contributed by atoms with Gasteiger partial charge in [0.05, 0.1) is 23.6 Å². The van der Waals surface area contributed by atoms with Crippen molar-refractivity contribution < 1.29 is 61.9 Å². The molecule has 3 aliphatic carbocycles. The van der Waals surface area contributed by atoms with Crippen LogP contribution in [0, 0.1) is 11.8 Å². The first-order valence-electron chi connectivity index (χ1n) is 12.7. The number of likely N-dealkylation sites (N-methyl/N-ethyl adjacent to an activating group) is 1. The number of ketones is 2. The van der Waals surface area contributed by atoms with Gasteiger partial charge in [-0.15, -0.1) is 0 Å². The van der Waals surface area contributed by atoms with Gasteiger partial charge >= 0.3 is 16.5 Å². The van der Waals surface area contributed by atoms with Crippen molar-refractivity contribution in [2.45, 2.75) is 24.5 Å². The second kappa shape index (κ2) is 11.9. The Bertz CT molecular complexity index is 1620. The molecule has 2 unspecified atom stereocenters. The molecule has 0 radical (unpaired) electrons. The Morgan fingerprint density at radius 2 is 1.73 bits per heavy atom. The van der Waals surface area contributed by atoms with Gasteiger partial charge in [0.1, 0.15) is 17.1 Å². The highest BCUT2D eigenvalue weighted by Crippen LogP contribution is 2.53. The van der Waals surface area contributed by atoms with Crippen LogP contribution in [0.1, 0.15) is 22.3 Å². The molecule has 0 saturated carbocycles. The van der Waals surface area contributed by atoms with E-state index in [4.69, 9.17) is 23.3 Å². The number of nitrogens with one attached hydrogen (secondary N) is 1. The summed E-state index contributed by atoms with van der Waals surface area (Å²) in [5, 5.41) is 47.3. The maximum Gasteiger partial charge on any atom is 0.416 e. The van der Waals surface area contributed by atoms with E-state index in [-0.39, 0.29) is 29.7 Å². The number of primary amides is 1. The highest BCUT2D eigenvalue weighted by atomic mass is 32.3. The van der Waals surface area contributed by atoms with Gasteiger partial charge in [-0.2, -0.15) is 8.42 Å². The van der Waals surface area contributed by atoms with Gasteiger partial charge in [-0.05, 0) is 44.5 Å². The molecule has 0 bridgehead atoms. The van der Waals surface area contributed by atoms with Crippen molar-refractivity contribution in [2.24, 2.45) is 17.6 Å². The third-order valence-corrected chi connectivity index (χ3v) is 7.61. The van der Waals surface area contributed by atoms with Crippen molar-refractivity contribution >= 4 is 45.3 Å². The fourth-order valence-corrected chi connectivity index (χ4v) is 6.01.